The van der Waals surface area contributed by atoms with E-state index in [-0.39, 0.29) is 18.1 Å². The number of ether oxygens (including phenoxy) is 2. The van der Waals surface area contributed by atoms with Crippen LogP contribution in [0.5, 0.6) is 5.75 Å². The summed E-state index contributed by atoms with van der Waals surface area (Å²) in [6, 6.07) is 4.31. The molecular formula is C13H12F3N3O3. The van der Waals surface area contributed by atoms with E-state index in [0.29, 0.717) is 0 Å². The predicted octanol–water partition coefficient (Wildman–Crippen LogP) is 2.48. The van der Waals surface area contributed by atoms with Crippen LogP contribution in [0.1, 0.15) is 10.5 Å². The highest BCUT2D eigenvalue weighted by Crippen LogP contribution is 2.27. The molecule has 9 heteroatoms. The Balaban J connectivity index is 2.16. The minimum absolute atomic E-state index is 0.0457. The Hall–Kier alpha value is -2.55. The van der Waals surface area contributed by atoms with E-state index in [9.17, 15) is 18.0 Å². The van der Waals surface area contributed by atoms with Crippen LogP contribution in [-0.4, -0.2) is 29.4 Å². The Morgan fingerprint density at radius 3 is 2.86 bits per heavy atom. The van der Waals surface area contributed by atoms with Crippen LogP contribution in [0.2, 0.25) is 0 Å². The lowest BCUT2D eigenvalue weighted by atomic mass is 10.2. The number of hydrogen-bond donors (Lipinski definition) is 1. The molecule has 118 valence electrons. The molecule has 2 rings (SSSR count). The molecule has 0 fully saturated rings. The Bertz CT molecular complexity index is 661. The summed E-state index contributed by atoms with van der Waals surface area (Å²) < 4.78 is 48.0. The quantitative estimate of drug-likeness (QED) is 0.889. The standard InChI is InChI=1S/C13H12F3N3O3/c1-21-7-19-5-4-10(18-19)12(20)17-9-3-2-8(14)6-11(9)22-13(15)16/h2-6,13H,7H2,1H3,(H,17,20). The third-order valence-corrected chi connectivity index (χ3v) is 2.54. The number of anilines is 1. The number of amides is 1. The largest absolute Gasteiger partial charge is 0.432 e. The number of hydrogen-bond acceptors (Lipinski definition) is 4. The molecule has 1 aromatic heterocycles. The number of alkyl halides is 2. The number of carbonyl (C=O) groups excluding carboxylic acids is 1. The monoisotopic (exact) mass is 315 g/mol. The fraction of sp³-hybridized carbons (Fsp3) is 0.231. The molecule has 0 bridgehead atoms. The molecule has 1 N–H and O–H groups in total. The van der Waals surface area contributed by atoms with Crippen LogP contribution in [-0.2, 0) is 11.5 Å². The Morgan fingerprint density at radius 1 is 1.41 bits per heavy atom. The minimum Gasteiger partial charge on any atom is -0.432 e. The van der Waals surface area contributed by atoms with E-state index in [1.807, 2.05) is 0 Å². The lowest BCUT2D eigenvalue weighted by Crippen LogP contribution is -2.15. The summed E-state index contributed by atoms with van der Waals surface area (Å²) in [4.78, 5) is 12.0. The van der Waals surface area contributed by atoms with E-state index >= 15 is 0 Å². The van der Waals surface area contributed by atoms with Crippen molar-refractivity contribution in [2.75, 3.05) is 12.4 Å². The number of rotatable bonds is 6. The van der Waals surface area contributed by atoms with Crippen LogP contribution in [0.3, 0.4) is 0 Å². The molecule has 2 aromatic rings. The maximum absolute atomic E-state index is 13.1. The van der Waals surface area contributed by atoms with Gasteiger partial charge >= 0.3 is 6.61 Å². The summed E-state index contributed by atoms with van der Waals surface area (Å²) in [6.45, 7) is -2.98. The van der Waals surface area contributed by atoms with Gasteiger partial charge in [0.25, 0.3) is 5.91 Å². The molecule has 1 amide bonds. The van der Waals surface area contributed by atoms with Crippen LogP contribution in [0.4, 0.5) is 18.9 Å². The molecule has 1 aromatic carbocycles. The van der Waals surface area contributed by atoms with Crippen molar-refractivity contribution >= 4 is 11.6 Å². The lowest BCUT2D eigenvalue weighted by Gasteiger charge is -2.11. The number of halogens is 3. The SMILES string of the molecule is COCn1ccc(C(=O)Nc2ccc(F)cc2OC(F)F)n1. The molecule has 0 aliphatic rings. The molecule has 0 atom stereocenters. The highest BCUT2D eigenvalue weighted by atomic mass is 19.3. The summed E-state index contributed by atoms with van der Waals surface area (Å²) in [6.07, 6.45) is 1.51. The second kappa shape index (κ2) is 6.94. The van der Waals surface area contributed by atoms with Crippen LogP contribution in [0, 0.1) is 5.82 Å². The van der Waals surface area contributed by atoms with Gasteiger partial charge in [-0.2, -0.15) is 13.9 Å². The molecule has 0 aliphatic carbocycles. The molecular weight excluding hydrogens is 303 g/mol. The zero-order valence-corrected chi connectivity index (χ0v) is 11.4. The van der Waals surface area contributed by atoms with E-state index < -0.39 is 24.1 Å². The molecule has 6 nitrogen and oxygen atoms in total. The highest BCUT2D eigenvalue weighted by molar-refractivity contribution is 6.03. The zero-order valence-electron chi connectivity index (χ0n) is 11.4. The number of benzene rings is 1. The van der Waals surface area contributed by atoms with E-state index in [2.05, 4.69) is 15.2 Å². The third kappa shape index (κ3) is 3.98. The molecule has 0 radical (unpaired) electrons. The molecule has 0 saturated carbocycles. The smallest absolute Gasteiger partial charge is 0.387 e. The van der Waals surface area contributed by atoms with E-state index in [4.69, 9.17) is 4.74 Å². The summed E-state index contributed by atoms with van der Waals surface area (Å²) in [5.41, 5.74) is -0.0441. The number of nitrogens with zero attached hydrogens (tertiary/aromatic N) is 2. The van der Waals surface area contributed by atoms with Gasteiger partial charge in [0, 0.05) is 19.4 Å². The average Bonchev–Trinajstić information content (AvgIpc) is 2.90. The first kappa shape index (κ1) is 15.8. The van der Waals surface area contributed by atoms with Gasteiger partial charge in [-0.25, -0.2) is 9.07 Å². The second-order valence-electron chi connectivity index (χ2n) is 4.13. The van der Waals surface area contributed by atoms with Gasteiger partial charge in [-0.3, -0.25) is 4.79 Å². The first-order chi connectivity index (χ1) is 10.5. The van der Waals surface area contributed by atoms with Crippen molar-refractivity contribution in [2.24, 2.45) is 0 Å². The van der Waals surface area contributed by atoms with Gasteiger partial charge in [-0.05, 0) is 18.2 Å². The number of aromatic nitrogens is 2. The predicted molar refractivity (Wildman–Crippen MR) is 70.2 cm³/mol. The summed E-state index contributed by atoms with van der Waals surface area (Å²) in [5, 5.41) is 6.26. The summed E-state index contributed by atoms with van der Waals surface area (Å²) in [5.74, 6) is -1.89. The van der Waals surface area contributed by atoms with Crippen molar-refractivity contribution < 1.29 is 27.4 Å². The van der Waals surface area contributed by atoms with Crippen LogP contribution < -0.4 is 10.1 Å². The van der Waals surface area contributed by atoms with Gasteiger partial charge in [-0.15, -0.1) is 0 Å². The normalized spacial score (nSPS) is 10.8. The Kier molecular flexibility index (Phi) is 4.99. The van der Waals surface area contributed by atoms with Gasteiger partial charge in [0.15, 0.2) is 11.4 Å². The summed E-state index contributed by atoms with van der Waals surface area (Å²) in [7, 11) is 1.47. The average molecular weight is 315 g/mol. The highest BCUT2D eigenvalue weighted by Gasteiger charge is 2.15. The van der Waals surface area contributed by atoms with Crippen molar-refractivity contribution in [3.63, 3.8) is 0 Å². The molecule has 22 heavy (non-hydrogen) atoms. The van der Waals surface area contributed by atoms with Crippen LogP contribution >= 0.6 is 0 Å². The van der Waals surface area contributed by atoms with Crippen molar-refractivity contribution in [1.29, 1.82) is 0 Å². The van der Waals surface area contributed by atoms with Crippen molar-refractivity contribution in [2.45, 2.75) is 13.3 Å². The fourth-order valence-electron chi connectivity index (χ4n) is 1.67. The Morgan fingerprint density at radius 2 is 2.18 bits per heavy atom. The first-order valence-corrected chi connectivity index (χ1v) is 6.07. The zero-order chi connectivity index (χ0) is 16.1. The van der Waals surface area contributed by atoms with E-state index in [1.165, 1.54) is 24.1 Å². The van der Waals surface area contributed by atoms with Crippen LogP contribution in [0.25, 0.3) is 0 Å². The molecule has 0 spiro atoms. The molecule has 0 saturated heterocycles. The maximum Gasteiger partial charge on any atom is 0.387 e. The van der Waals surface area contributed by atoms with Gasteiger partial charge in [0.2, 0.25) is 0 Å². The summed E-state index contributed by atoms with van der Waals surface area (Å²) >= 11 is 0. The number of methoxy groups -OCH3 is 1. The van der Waals surface area contributed by atoms with Gasteiger partial charge in [0.1, 0.15) is 12.5 Å². The lowest BCUT2D eigenvalue weighted by molar-refractivity contribution is -0.0495. The topological polar surface area (TPSA) is 65.4 Å². The third-order valence-electron chi connectivity index (χ3n) is 2.54. The molecule has 0 aliphatic heterocycles. The first-order valence-electron chi connectivity index (χ1n) is 6.07. The number of carbonyl (C=O) groups is 1. The van der Waals surface area contributed by atoms with E-state index in [1.54, 1.807) is 0 Å². The van der Waals surface area contributed by atoms with Gasteiger partial charge < -0.3 is 14.8 Å². The Labute approximate surface area is 123 Å². The van der Waals surface area contributed by atoms with E-state index in [0.717, 1.165) is 18.2 Å². The number of nitrogens with one attached hydrogen (secondary N) is 1. The molecule has 0 unspecified atom stereocenters. The van der Waals surface area contributed by atoms with Crippen molar-refractivity contribution in [3.05, 3.63) is 42.0 Å². The maximum atomic E-state index is 13.1. The fourth-order valence-corrected chi connectivity index (χ4v) is 1.67. The molecule has 1 heterocycles. The second-order valence-corrected chi connectivity index (χ2v) is 4.13. The van der Waals surface area contributed by atoms with Crippen molar-refractivity contribution in [3.8, 4) is 5.75 Å². The van der Waals surface area contributed by atoms with Gasteiger partial charge in [0.05, 0.1) is 5.69 Å². The van der Waals surface area contributed by atoms with Crippen LogP contribution in [0.15, 0.2) is 30.5 Å². The minimum atomic E-state index is -3.14. The van der Waals surface area contributed by atoms with Gasteiger partial charge in [-0.1, -0.05) is 0 Å². The van der Waals surface area contributed by atoms with Crippen molar-refractivity contribution in [1.82, 2.24) is 9.78 Å².